The third kappa shape index (κ3) is 3.93. The highest BCUT2D eigenvalue weighted by Gasteiger charge is 2.15. The minimum atomic E-state index is 0.177. The van der Waals surface area contributed by atoms with Crippen molar-refractivity contribution < 1.29 is 4.74 Å². The number of nitrogens with one attached hydrogen (secondary N) is 3. The van der Waals surface area contributed by atoms with Crippen LogP contribution in [0.2, 0.25) is 5.28 Å². The number of aromatic nitrogens is 6. The lowest BCUT2D eigenvalue weighted by molar-refractivity contribution is 0.0342. The zero-order chi connectivity index (χ0) is 19.6. The van der Waals surface area contributed by atoms with Gasteiger partial charge >= 0.3 is 0 Å². The summed E-state index contributed by atoms with van der Waals surface area (Å²) in [5.74, 6) is 1.28. The summed E-state index contributed by atoms with van der Waals surface area (Å²) in [6.45, 7) is 4.41. The predicted octanol–water partition coefficient (Wildman–Crippen LogP) is 2.97. The van der Waals surface area contributed by atoms with E-state index in [9.17, 15) is 0 Å². The number of rotatable bonds is 5. The molecule has 0 unspecified atom stereocenters. The van der Waals surface area contributed by atoms with Crippen molar-refractivity contribution in [2.24, 2.45) is 0 Å². The van der Waals surface area contributed by atoms with Gasteiger partial charge in [0.15, 0.2) is 5.82 Å². The van der Waals surface area contributed by atoms with Gasteiger partial charge in [0.25, 0.3) is 0 Å². The van der Waals surface area contributed by atoms with Gasteiger partial charge in [-0.3, -0.25) is 10.00 Å². The highest BCUT2D eigenvalue weighted by atomic mass is 35.5. The Morgan fingerprint density at radius 3 is 2.93 bits per heavy atom. The summed E-state index contributed by atoms with van der Waals surface area (Å²) >= 11 is 5.87. The molecule has 1 aliphatic heterocycles. The Morgan fingerprint density at radius 2 is 2.07 bits per heavy atom. The molecule has 0 bridgehead atoms. The summed E-state index contributed by atoms with van der Waals surface area (Å²) in [6, 6.07) is 8.05. The molecule has 3 aromatic heterocycles. The van der Waals surface area contributed by atoms with Gasteiger partial charge in [0.2, 0.25) is 5.28 Å². The number of H-pyrrole nitrogens is 2. The van der Waals surface area contributed by atoms with Crippen LogP contribution in [0.25, 0.3) is 22.6 Å². The van der Waals surface area contributed by atoms with E-state index >= 15 is 0 Å². The molecule has 0 spiro atoms. The Morgan fingerprint density at radius 1 is 1.17 bits per heavy atom. The molecule has 5 rings (SSSR count). The van der Waals surface area contributed by atoms with E-state index in [2.05, 4.69) is 47.5 Å². The number of anilines is 2. The fourth-order valence-corrected chi connectivity index (χ4v) is 3.54. The van der Waals surface area contributed by atoms with Crippen LogP contribution in [0, 0.1) is 0 Å². The molecule has 4 aromatic rings. The Balaban J connectivity index is 1.40. The Labute approximate surface area is 171 Å². The van der Waals surface area contributed by atoms with E-state index in [0.29, 0.717) is 11.6 Å². The van der Waals surface area contributed by atoms with Crippen molar-refractivity contribution in [3.05, 3.63) is 47.5 Å². The molecule has 0 atom stereocenters. The zero-order valence-electron chi connectivity index (χ0n) is 15.5. The molecular weight excluding hydrogens is 392 g/mol. The number of nitrogens with zero attached hydrogens (tertiary/aromatic N) is 5. The molecule has 9 nitrogen and oxygen atoms in total. The van der Waals surface area contributed by atoms with Gasteiger partial charge in [-0.2, -0.15) is 5.10 Å². The van der Waals surface area contributed by atoms with Crippen LogP contribution in [0.3, 0.4) is 0 Å². The Kier molecular flexibility index (Phi) is 4.84. The summed E-state index contributed by atoms with van der Waals surface area (Å²) < 4.78 is 5.42. The Hall–Kier alpha value is -3.01. The number of halogens is 1. The molecule has 4 heterocycles. The highest BCUT2D eigenvalue weighted by Crippen LogP contribution is 2.28. The summed E-state index contributed by atoms with van der Waals surface area (Å²) in [6.07, 6.45) is 3.27. The van der Waals surface area contributed by atoms with Crippen molar-refractivity contribution >= 4 is 34.1 Å². The number of ether oxygens (including phenoxy) is 1. The van der Waals surface area contributed by atoms with Gasteiger partial charge in [-0.25, -0.2) is 15.0 Å². The number of fused-ring (bicyclic) bond motifs is 1. The number of benzene rings is 1. The van der Waals surface area contributed by atoms with Crippen molar-refractivity contribution in [3.63, 3.8) is 0 Å². The molecule has 1 saturated heterocycles. The molecule has 10 heteroatoms. The van der Waals surface area contributed by atoms with Gasteiger partial charge in [0.1, 0.15) is 11.5 Å². The van der Waals surface area contributed by atoms with Crippen LogP contribution in [0.4, 0.5) is 11.5 Å². The summed E-state index contributed by atoms with van der Waals surface area (Å²) in [7, 11) is 0. The fraction of sp³-hybridized carbons (Fsp3) is 0.263. The average molecular weight is 411 g/mol. The first kappa shape index (κ1) is 18.0. The lowest BCUT2D eigenvalue weighted by Gasteiger charge is -2.26. The first-order valence-corrected chi connectivity index (χ1v) is 9.70. The van der Waals surface area contributed by atoms with Crippen LogP contribution in [0.15, 0.2) is 36.7 Å². The number of hydrogen-bond acceptors (Lipinski definition) is 7. The molecule has 0 radical (unpaired) electrons. The second-order valence-electron chi connectivity index (χ2n) is 6.82. The average Bonchev–Trinajstić information content (AvgIpc) is 3.35. The second kappa shape index (κ2) is 7.78. The molecule has 29 heavy (non-hydrogen) atoms. The largest absolute Gasteiger partial charge is 0.379 e. The predicted molar refractivity (Wildman–Crippen MR) is 110 cm³/mol. The Bertz CT molecular complexity index is 1130. The van der Waals surface area contributed by atoms with Crippen LogP contribution in [0.5, 0.6) is 0 Å². The van der Waals surface area contributed by atoms with E-state index in [1.165, 1.54) is 5.56 Å². The molecule has 1 aromatic carbocycles. The van der Waals surface area contributed by atoms with Gasteiger partial charge in [0.05, 0.1) is 36.1 Å². The minimum absolute atomic E-state index is 0.177. The third-order valence-electron chi connectivity index (χ3n) is 4.82. The monoisotopic (exact) mass is 410 g/mol. The standard InChI is InChI=1S/C19H19ClN8O/c20-19-21-4-3-16(26-19)23-15-10-22-27-17(15)18-24-13-2-1-12(9-14(13)25-18)11-28-5-7-29-8-6-28/h1-4,9-10H,5-8,11H2,(H,22,27)(H,24,25)(H,21,23,26). The maximum atomic E-state index is 5.87. The molecule has 0 aliphatic carbocycles. The maximum Gasteiger partial charge on any atom is 0.224 e. The molecule has 1 fully saturated rings. The molecule has 0 amide bonds. The van der Waals surface area contributed by atoms with Crippen LogP contribution < -0.4 is 5.32 Å². The molecule has 148 valence electrons. The smallest absolute Gasteiger partial charge is 0.224 e. The zero-order valence-corrected chi connectivity index (χ0v) is 16.3. The van der Waals surface area contributed by atoms with Gasteiger partial charge in [-0.15, -0.1) is 0 Å². The topological polar surface area (TPSA) is 108 Å². The van der Waals surface area contributed by atoms with Gasteiger partial charge in [0, 0.05) is 25.8 Å². The van der Waals surface area contributed by atoms with Gasteiger partial charge in [-0.05, 0) is 35.4 Å². The van der Waals surface area contributed by atoms with Crippen molar-refractivity contribution in [3.8, 4) is 11.5 Å². The normalized spacial score (nSPS) is 15.1. The van der Waals surface area contributed by atoms with Crippen molar-refractivity contribution in [1.29, 1.82) is 0 Å². The van der Waals surface area contributed by atoms with Crippen LogP contribution in [0.1, 0.15) is 5.56 Å². The lowest BCUT2D eigenvalue weighted by atomic mass is 10.2. The van der Waals surface area contributed by atoms with Crippen molar-refractivity contribution in [1.82, 2.24) is 35.0 Å². The number of imidazole rings is 1. The molecule has 0 saturated carbocycles. The highest BCUT2D eigenvalue weighted by molar-refractivity contribution is 6.28. The number of aromatic amines is 2. The van der Waals surface area contributed by atoms with E-state index in [1.807, 2.05) is 6.07 Å². The van der Waals surface area contributed by atoms with Crippen LogP contribution in [-0.2, 0) is 11.3 Å². The van der Waals surface area contributed by atoms with E-state index in [1.54, 1.807) is 18.5 Å². The van der Waals surface area contributed by atoms with Crippen LogP contribution >= 0.6 is 11.6 Å². The molecular formula is C19H19ClN8O. The first-order valence-electron chi connectivity index (χ1n) is 9.33. The molecule has 3 N–H and O–H groups in total. The third-order valence-corrected chi connectivity index (χ3v) is 5.00. The van der Waals surface area contributed by atoms with E-state index in [4.69, 9.17) is 21.3 Å². The first-order chi connectivity index (χ1) is 14.2. The summed E-state index contributed by atoms with van der Waals surface area (Å²) in [4.78, 5) is 18.5. The molecule has 1 aliphatic rings. The van der Waals surface area contributed by atoms with Crippen LogP contribution in [-0.4, -0.2) is 61.3 Å². The fourth-order valence-electron chi connectivity index (χ4n) is 3.39. The summed E-state index contributed by atoms with van der Waals surface area (Å²) in [5.41, 5.74) is 4.61. The SMILES string of the molecule is Clc1nccc(Nc2cn[nH]c2-c2nc3ccc(CN4CCOCC4)cc3[nH]2)n1. The van der Waals surface area contributed by atoms with Gasteiger partial charge in [-0.1, -0.05) is 6.07 Å². The van der Waals surface area contributed by atoms with Crippen molar-refractivity contribution in [2.75, 3.05) is 31.6 Å². The second-order valence-corrected chi connectivity index (χ2v) is 7.16. The number of hydrogen-bond donors (Lipinski definition) is 3. The minimum Gasteiger partial charge on any atom is -0.379 e. The quantitative estimate of drug-likeness (QED) is 0.434. The van der Waals surface area contributed by atoms with E-state index < -0.39 is 0 Å². The van der Waals surface area contributed by atoms with E-state index in [-0.39, 0.29) is 5.28 Å². The van der Waals surface area contributed by atoms with E-state index in [0.717, 1.165) is 55.3 Å². The maximum absolute atomic E-state index is 5.87. The lowest BCUT2D eigenvalue weighted by Crippen LogP contribution is -2.35. The summed E-state index contributed by atoms with van der Waals surface area (Å²) in [5, 5.41) is 10.5. The van der Waals surface area contributed by atoms with Gasteiger partial charge < -0.3 is 15.0 Å². The van der Waals surface area contributed by atoms with Crippen molar-refractivity contribution in [2.45, 2.75) is 6.54 Å². The number of morpholine rings is 1.